The Morgan fingerprint density at radius 1 is 1.40 bits per heavy atom. The van der Waals surface area contributed by atoms with E-state index >= 15 is 0 Å². The van der Waals surface area contributed by atoms with Crippen LogP contribution in [0.2, 0.25) is 0 Å². The van der Waals surface area contributed by atoms with Gasteiger partial charge in [0, 0.05) is 4.47 Å². The average molecular weight is 342 g/mol. The van der Waals surface area contributed by atoms with E-state index in [0.717, 1.165) is 15.6 Å². The predicted octanol–water partition coefficient (Wildman–Crippen LogP) is 2.92. The van der Waals surface area contributed by atoms with Crippen LogP contribution in [-0.2, 0) is 16.0 Å². The van der Waals surface area contributed by atoms with E-state index in [0.29, 0.717) is 6.42 Å². The summed E-state index contributed by atoms with van der Waals surface area (Å²) in [5.41, 5.74) is 1.89. The molecule has 0 aromatic heterocycles. The Morgan fingerprint density at radius 2 is 2.05 bits per heavy atom. The Balaban J connectivity index is 2.76. The summed E-state index contributed by atoms with van der Waals surface area (Å²) in [5.74, 6) is -1.35. The van der Waals surface area contributed by atoms with E-state index in [-0.39, 0.29) is 18.2 Å². The van der Waals surface area contributed by atoms with E-state index in [1.807, 2.05) is 39.0 Å². The lowest BCUT2D eigenvalue weighted by molar-refractivity contribution is -0.143. The maximum Gasteiger partial charge on any atom is 0.326 e. The normalized spacial score (nSPS) is 13.6. The summed E-state index contributed by atoms with van der Waals surface area (Å²) in [6.45, 7) is 5.66. The molecule has 1 aromatic rings. The Hall–Kier alpha value is -1.36. The summed E-state index contributed by atoms with van der Waals surface area (Å²) >= 11 is 3.42. The molecule has 20 heavy (non-hydrogen) atoms. The molecule has 0 aliphatic rings. The van der Waals surface area contributed by atoms with Gasteiger partial charge in [0.05, 0.1) is 6.42 Å². The van der Waals surface area contributed by atoms with Gasteiger partial charge < -0.3 is 10.4 Å². The molecule has 0 saturated carbocycles. The topological polar surface area (TPSA) is 66.4 Å². The minimum absolute atomic E-state index is 0.0972. The van der Waals surface area contributed by atoms with Crippen molar-refractivity contribution in [3.8, 4) is 0 Å². The van der Waals surface area contributed by atoms with Gasteiger partial charge in [-0.25, -0.2) is 4.79 Å². The third-order valence-corrected chi connectivity index (χ3v) is 4.39. The molecule has 110 valence electrons. The van der Waals surface area contributed by atoms with E-state index in [1.54, 1.807) is 0 Å². The number of carbonyl (C=O) groups is 2. The van der Waals surface area contributed by atoms with Crippen LogP contribution in [-0.4, -0.2) is 23.0 Å². The fraction of sp³-hybridized carbons (Fsp3) is 0.467. The third-order valence-electron chi connectivity index (χ3n) is 3.53. The van der Waals surface area contributed by atoms with Crippen molar-refractivity contribution in [1.82, 2.24) is 5.32 Å². The summed E-state index contributed by atoms with van der Waals surface area (Å²) in [4.78, 5) is 23.2. The van der Waals surface area contributed by atoms with Gasteiger partial charge in [-0.05, 0) is 30.0 Å². The number of rotatable bonds is 6. The van der Waals surface area contributed by atoms with Crippen molar-refractivity contribution in [2.45, 2.75) is 39.7 Å². The number of benzene rings is 1. The van der Waals surface area contributed by atoms with Gasteiger partial charge in [0.15, 0.2) is 0 Å². The first-order valence-corrected chi connectivity index (χ1v) is 7.42. The molecule has 2 atom stereocenters. The Kier molecular flexibility index (Phi) is 6.20. The zero-order valence-corrected chi connectivity index (χ0v) is 13.5. The maximum absolute atomic E-state index is 12.0. The molecule has 0 unspecified atom stereocenters. The molecule has 1 aromatic carbocycles. The quantitative estimate of drug-likeness (QED) is 0.835. The van der Waals surface area contributed by atoms with Gasteiger partial charge in [-0.3, -0.25) is 4.79 Å². The molecule has 0 aliphatic carbocycles. The second-order valence-corrected chi connectivity index (χ2v) is 5.82. The summed E-state index contributed by atoms with van der Waals surface area (Å²) < 4.78 is 0.944. The van der Waals surface area contributed by atoms with Crippen molar-refractivity contribution in [1.29, 1.82) is 0 Å². The van der Waals surface area contributed by atoms with E-state index < -0.39 is 12.0 Å². The number of halogens is 1. The fourth-order valence-corrected chi connectivity index (χ4v) is 2.33. The minimum Gasteiger partial charge on any atom is -0.480 e. The fourth-order valence-electron chi connectivity index (χ4n) is 1.92. The largest absolute Gasteiger partial charge is 0.480 e. The van der Waals surface area contributed by atoms with Gasteiger partial charge in [0.2, 0.25) is 5.91 Å². The molecule has 5 heteroatoms. The number of hydrogen-bond acceptors (Lipinski definition) is 2. The van der Waals surface area contributed by atoms with Crippen LogP contribution in [0.25, 0.3) is 0 Å². The second-order valence-electron chi connectivity index (χ2n) is 4.97. The average Bonchev–Trinajstić information content (AvgIpc) is 2.40. The van der Waals surface area contributed by atoms with Crippen molar-refractivity contribution >= 4 is 27.8 Å². The van der Waals surface area contributed by atoms with E-state index in [1.165, 1.54) is 0 Å². The molecule has 0 spiro atoms. The molecule has 1 amide bonds. The molecular formula is C15H20BrNO3. The van der Waals surface area contributed by atoms with Gasteiger partial charge in [0.1, 0.15) is 6.04 Å². The Morgan fingerprint density at radius 3 is 2.60 bits per heavy atom. The summed E-state index contributed by atoms with van der Waals surface area (Å²) in [5, 5.41) is 11.8. The number of aliphatic carboxylic acids is 1. The standard InChI is InChI=1S/C15H20BrNO3/c1-4-9(2)14(15(19)20)17-13(18)8-11-6-5-7-12(16)10(11)3/h5-7,9,14H,4,8H2,1-3H3,(H,17,18)(H,19,20)/t9-,14-/m0/s1. The van der Waals surface area contributed by atoms with E-state index in [2.05, 4.69) is 21.2 Å². The number of carboxylic acid groups (broad SMARTS) is 1. The van der Waals surface area contributed by atoms with Crippen molar-refractivity contribution in [2.24, 2.45) is 5.92 Å². The first-order valence-electron chi connectivity index (χ1n) is 6.63. The van der Waals surface area contributed by atoms with Crippen LogP contribution in [0.5, 0.6) is 0 Å². The summed E-state index contributed by atoms with van der Waals surface area (Å²) in [7, 11) is 0. The molecule has 1 rings (SSSR count). The summed E-state index contributed by atoms with van der Waals surface area (Å²) in [6, 6.07) is 4.82. The zero-order chi connectivity index (χ0) is 15.3. The Bertz CT molecular complexity index is 502. The third kappa shape index (κ3) is 4.34. The van der Waals surface area contributed by atoms with Gasteiger partial charge in [-0.2, -0.15) is 0 Å². The molecule has 2 N–H and O–H groups in total. The van der Waals surface area contributed by atoms with Crippen molar-refractivity contribution in [3.63, 3.8) is 0 Å². The van der Waals surface area contributed by atoms with Crippen molar-refractivity contribution in [3.05, 3.63) is 33.8 Å². The van der Waals surface area contributed by atoms with Crippen LogP contribution in [0, 0.1) is 12.8 Å². The number of carbonyl (C=O) groups excluding carboxylic acids is 1. The number of nitrogens with one attached hydrogen (secondary N) is 1. The Labute approximate surface area is 127 Å². The van der Waals surface area contributed by atoms with Crippen LogP contribution in [0.1, 0.15) is 31.4 Å². The van der Waals surface area contributed by atoms with E-state index in [9.17, 15) is 9.59 Å². The highest BCUT2D eigenvalue weighted by Gasteiger charge is 2.25. The van der Waals surface area contributed by atoms with Gasteiger partial charge in [0.25, 0.3) is 0 Å². The number of carboxylic acids is 1. The predicted molar refractivity (Wildman–Crippen MR) is 81.6 cm³/mol. The van der Waals surface area contributed by atoms with Gasteiger partial charge in [-0.1, -0.05) is 48.3 Å². The van der Waals surface area contributed by atoms with Crippen LogP contribution in [0.4, 0.5) is 0 Å². The smallest absolute Gasteiger partial charge is 0.326 e. The lowest BCUT2D eigenvalue weighted by Gasteiger charge is -2.20. The number of amides is 1. The molecule has 4 nitrogen and oxygen atoms in total. The molecular weight excluding hydrogens is 322 g/mol. The van der Waals surface area contributed by atoms with E-state index in [4.69, 9.17) is 5.11 Å². The minimum atomic E-state index is -0.987. The van der Waals surface area contributed by atoms with Gasteiger partial charge in [-0.15, -0.1) is 0 Å². The molecule has 0 saturated heterocycles. The SMILES string of the molecule is CC[C@H](C)[C@H](NC(=O)Cc1cccc(Br)c1C)C(=O)O. The monoisotopic (exact) mass is 341 g/mol. The maximum atomic E-state index is 12.0. The van der Waals surface area contributed by atoms with Crippen LogP contribution in [0.15, 0.2) is 22.7 Å². The second kappa shape index (κ2) is 7.43. The van der Waals surface area contributed by atoms with Crippen LogP contribution in [0.3, 0.4) is 0 Å². The van der Waals surface area contributed by atoms with Crippen molar-refractivity contribution < 1.29 is 14.7 Å². The molecule has 0 bridgehead atoms. The molecule has 0 fully saturated rings. The highest BCUT2D eigenvalue weighted by molar-refractivity contribution is 9.10. The molecule has 0 heterocycles. The van der Waals surface area contributed by atoms with Crippen LogP contribution >= 0.6 is 15.9 Å². The van der Waals surface area contributed by atoms with Gasteiger partial charge >= 0.3 is 5.97 Å². The highest BCUT2D eigenvalue weighted by Crippen LogP contribution is 2.20. The molecule has 0 aliphatic heterocycles. The lowest BCUT2D eigenvalue weighted by atomic mass is 9.98. The first kappa shape index (κ1) is 16.7. The molecule has 0 radical (unpaired) electrons. The highest BCUT2D eigenvalue weighted by atomic mass is 79.9. The number of hydrogen-bond donors (Lipinski definition) is 2. The summed E-state index contributed by atoms with van der Waals surface area (Å²) in [6.07, 6.45) is 0.888. The first-order chi connectivity index (χ1) is 9.36. The van der Waals surface area contributed by atoms with Crippen molar-refractivity contribution in [2.75, 3.05) is 0 Å². The van der Waals surface area contributed by atoms with Crippen LogP contribution < -0.4 is 5.32 Å². The lowest BCUT2D eigenvalue weighted by Crippen LogP contribution is -2.45. The zero-order valence-electron chi connectivity index (χ0n) is 11.9.